The van der Waals surface area contributed by atoms with Crippen molar-refractivity contribution in [2.24, 2.45) is 4.99 Å². The highest BCUT2D eigenvalue weighted by molar-refractivity contribution is 7.12. The fourth-order valence-corrected chi connectivity index (χ4v) is 4.07. The molecule has 2 aromatic heterocycles. The molecule has 0 radical (unpaired) electrons. The molecule has 2 aliphatic heterocycles. The number of aromatic nitrogens is 1. The molecular weight excluding hydrogens is 376 g/mol. The molecule has 7 heteroatoms. The number of carbonyl (C=O) groups is 1. The molecule has 0 atom stereocenters. The van der Waals surface area contributed by atoms with Crippen LogP contribution in [0.5, 0.6) is 11.5 Å². The Morgan fingerprint density at radius 2 is 2.00 bits per heavy atom. The van der Waals surface area contributed by atoms with E-state index < -0.39 is 5.97 Å². The van der Waals surface area contributed by atoms with E-state index in [2.05, 4.69) is 9.56 Å². The van der Waals surface area contributed by atoms with Crippen molar-refractivity contribution < 1.29 is 19.0 Å². The van der Waals surface area contributed by atoms with Gasteiger partial charge in [-0.3, -0.25) is 0 Å². The van der Waals surface area contributed by atoms with Gasteiger partial charge in [-0.1, -0.05) is 6.07 Å². The Kier molecular flexibility index (Phi) is 3.84. The number of esters is 1. The standard InChI is InChI=1S/C21H16N2O4S/c1-12-8-14(9-16-21(24)27-20(22-16)19-4-3-7-28-19)13(2)23(12)15-5-6-17-18(10-15)26-11-25-17/h3-10H,11H2,1-2H3/b16-9-. The summed E-state index contributed by atoms with van der Waals surface area (Å²) in [6.45, 7) is 4.27. The van der Waals surface area contributed by atoms with E-state index in [0.717, 1.165) is 39.0 Å². The zero-order valence-electron chi connectivity index (χ0n) is 15.3. The van der Waals surface area contributed by atoms with Crippen LogP contribution >= 0.6 is 11.3 Å². The van der Waals surface area contributed by atoms with Gasteiger partial charge in [-0.05, 0) is 55.1 Å². The smallest absolute Gasteiger partial charge is 0.363 e. The van der Waals surface area contributed by atoms with Gasteiger partial charge in [0.2, 0.25) is 12.7 Å². The SMILES string of the molecule is Cc1cc(/C=C2\N=C(c3cccs3)OC2=O)c(C)n1-c1ccc2c(c1)OCO2. The lowest BCUT2D eigenvalue weighted by molar-refractivity contribution is -0.129. The number of benzene rings is 1. The Morgan fingerprint density at radius 3 is 2.82 bits per heavy atom. The Bertz CT molecular complexity index is 1160. The molecule has 6 nitrogen and oxygen atoms in total. The Balaban J connectivity index is 1.53. The van der Waals surface area contributed by atoms with Crippen molar-refractivity contribution in [1.82, 2.24) is 4.57 Å². The monoisotopic (exact) mass is 392 g/mol. The van der Waals surface area contributed by atoms with Crippen molar-refractivity contribution in [2.45, 2.75) is 13.8 Å². The third-order valence-corrected chi connectivity index (χ3v) is 5.59. The highest BCUT2D eigenvalue weighted by Crippen LogP contribution is 2.35. The molecular formula is C21H16N2O4S. The van der Waals surface area contributed by atoms with Crippen LogP contribution in [0.15, 0.2) is 52.5 Å². The van der Waals surface area contributed by atoms with Crippen molar-refractivity contribution in [2.75, 3.05) is 6.79 Å². The summed E-state index contributed by atoms with van der Waals surface area (Å²) in [6.07, 6.45) is 1.77. The molecule has 0 saturated carbocycles. The van der Waals surface area contributed by atoms with Crippen LogP contribution < -0.4 is 9.47 Å². The molecule has 0 aliphatic carbocycles. The van der Waals surface area contributed by atoms with E-state index in [0.29, 0.717) is 11.6 Å². The molecule has 5 rings (SSSR count). The van der Waals surface area contributed by atoms with Crippen molar-refractivity contribution in [3.63, 3.8) is 0 Å². The number of fused-ring (bicyclic) bond motifs is 1. The van der Waals surface area contributed by atoms with E-state index in [-0.39, 0.29) is 6.79 Å². The predicted octanol–water partition coefficient (Wildman–Crippen LogP) is 4.23. The average Bonchev–Trinajstić information content (AvgIpc) is 3.44. The van der Waals surface area contributed by atoms with Gasteiger partial charge in [0.05, 0.1) is 4.88 Å². The average molecular weight is 392 g/mol. The summed E-state index contributed by atoms with van der Waals surface area (Å²) >= 11 is 1.49. The maximum absolute atomic E-state index is 12.2. The van der Waals surface area contributed by atoms with Crippen LogP contribution in [0.4, 0.5) is 0 Å². The first-order valence-electron chi connectivity index (χ1n) is 8.75. The zero-order valence-corrected chi connectivity index (χ0v) is 16.1. The molecule has 0 N–H and O–H groups in total. The number of aliphatic imine (C=N–C) groups is 1. The molecule has 0 spiro atoms. The Morgan fingerprint density at radius 1 is 1.14 bits per heavy atom. The first kappa shape index (κ1) is 16.8. The van der Waals surface area contributed by atoms with Gasteiger partial charge in [0.15, 0.2) is 17.2 Å². The van der Waals surface area contributed by atoms with E-state index in [1.807, 2.05) is 55.6 Å². The van der Waals surface area contributed by atoms with Gasteiger partial charge in [-0.25, -0.2) is 9.79 Å². The second-order valence-corrected chi connectivity index (χ2v) is 7.46. The molecule has 0 fully saturated rings. The zero-order chi connectivity index (χ0) is 19.3. The number of hydrogen-bond acceptors (Lipinski definition) is 6. The van der Waals surface area contributed by atoms with Gasteiger partial charge in [0.25, 0.3) is 0 Å². The van der Waals surface area contributed by atoms with Crippen molar-refractivity contribution in [1.29, 1.82) is 0 Å². The topological polar surface area (TPSA) is 62.0 Å². The summed E-state index contributed by atoms with van der Waals surface area (Å²) in [7, 11) is 0. The molecule has 0 bridgehead atoms. The second-order valence-electron chi connectivity index (χ2n) is 6.51. The summed E-state index contributed by atoms with van der Waals surface area (Å²) in [5.74, 6) is 1.40. The van der Waals surface area contributed by atoms with Gasteiger partial charge in [0.1, 0.15) is 0 Å². The summed E-state index contributed by atoms with van der Waals surface area (Å²) in [5, 5.41) is 1.92. The van der Waals surface area contributed by atoms with Crippen LogP contribution in [0.25, 0.3) is 11.8 Å². The molecule has 1 aromatic carbocycles. The number of thiophene rings is 1. The number of ether oxygens (including phenoxy) is 3. The van der Waals surface area contributed by atoms with Crippen LogP contribution in [0.3, 0.4) is 0 Å². The minimum atomic E-state index is -0.434. The van der Waals surface area contributed by atoms with Gasteiger partial charge in [0, 0.05) is 23.1 Å². The van der Waals surface area contributed by atoms with E-state index in [4.69, 9.17) is 14.2 Å². The number of nitrogens with zero attached hydrogens (tertiary/aromatic N) is 2. The number of aryl methyl sites for hydroxylation is 1. The summed E-state index contributed by atoms with van der Waals surface area (Å²) in [5.41, 5.74) is 4.22. The van der Waals surface area contributed by atoms with E-state index in [9.17, 15) is 4.79 Å². The van der Waals surface area contributed by atoms with Crippen LogP contribution in [0.2, 0.25) is 0 Å². The highest BCUT2D eigenvalue weighted by Gasteiger charge is 2.25. The third kappa shape index (κ3) is 2.71. The summed E-state index contributed by atoms with van der Waals surface area (Å²) in [6, 6.07) is 11.7. The van der Waals surface area contributed by atoms with Crippen molar-refractivity contribution >= 4 is 29.3 Å². The minimum absolute atomic E-state index is 0.243. The van der Waals surface area contributed by atoms with Gasteiger partial charge >= 0.3 is 5.97 Å². The molecule has 0 unspecified atom stereocenters. The van der Waals surface area contributed by atoms with Crippen molar-refractivity contribution in [3.8, 4) is 17.2 Å². The quantitative estimate of drug-likeness (QED) is 0.494. The lowest BCUT2D eigenvalue weighted by Gasteiger charge is -2.10. The lowest BCUT2D eigenvalue weighted by atomic mass is 10.2. The fourth-order valence-electron chi connectivity index (χ4n) is 3.42. The molecule has 0 saturated heterocycles. The van der Waals surface area contributed by atoms with Crippen LogP contribution in [0, 0.1) is 13.8 Å². The molecule has 140 valence electrons. The Labute approximate surface area is 165 Å². The van der Waals surface area contributed by atoms with E-state index in [1.165, 1.54) is 11.3 Å². The molecule has 4 heterocycles. The van der Waals surface area contributed by atoms with Gasteiger partial charge < -0.3 is 18.8 Å². The van der Waals surface area contributed by atoms with Crippen molar-refractivity contribution in [3.05, 3.63) is 69.3 Å². The fraction of sp³-hybridized carbons (Fsp3) is 0.143. The van der Waals surface area contributed by atoms with Gasteiger partial charge in [-0.2, -0.15) is 0 Å². The van der Waals surface area contributed by atoms with Crippen LogP contribution in [-0.2, 0) is 9.53 Å². The first-order chi connectivity index (χ1) is 13.6. The third-order valence-electron chi connectivity index (χ3n) is 4.73. The summed E-state index contributed by atoms with van der Waals surface area (Å²) in [4.78, 5) is 17.5. The number of hydrogen-bond donors (Lipinski definition) is 0. The summed E-state index contributed by atoms with van der Waals surface area (Å²) < 4.78 is 18.3. The number of cyclic esters (lactones) is 1. The largest absolute Gasteiger partial charge is 0.454 e. The Hall–Kier alpha value is -3.32. The maximum atomic E-state index is 12.2. The maximum Gasteiger partial charge on any atom is 0.363 e. The van der Waals surface area contributed by atoms with Crippen LogP contribution in [0.1, 0.15) is 21.8 Å². The predicted molar refractivity (Wildman–Crippen MR) is 106 cm³/mol. The molecule has 3 aromatic rings. The number of carbonyl (C=O) groups excluding carboxylic acids is 1. The van der Waals surface area contributed by atoms with E-state index in [1.54, 1.807) is 6.08 Å². The first-order valence-corrected chi connectivity index (χ1v) is 9.63. The van der Waals surface area contributed by atoms with Gasteiger partial charge in [-0.15, -0.1) is 11.3 Å². The minimum Gasteiger partial charge on any atom is -0.454 e. The lowest BCUT2D eigenvalue weighted by Crippen LogP contribution is -2.03. The molecule has 0 amide bonds. The normalized spacial score (nSPS) is 16.6. The number of rotatable bonds is 3. The highest BCUT2D eigenvalue weighted by atomic mass is 32.1. The van der Waals surface area contributed by atoms with E-state index >= 15 is 0 Å². The van der Waals surface area contributed by atoms with Crippen LogP contribution in [-0.4, -0.2) is 23.2 Å². The molecule has 2 aliphatic rings. The second kappa shape index (κ2) is 6.38. The molecule has 28 heavy (non-hydrogen) atoms.